The number of aromatic nitrogens is 1. The van der Waals surface area contributed by atoms with Gasteiger partial charge in [-0.25, -0.2) is 4.79 Å². The molecule has 28 heavy (non-hydrogen) atoms. The lowest BCUT2D eigenvalue weighted by molar-refractivity contribution is -0.105. The minimum Gasteiger partial charge on any atom is -0.462 e. The molecule has 0 saturated heterocycles. The number of alkyl halides is 1. The van der Waals surface area contributed by atoms with Gasteiger partial charge in [0.2, 0.25) is 0 Å². The van der Waals surface area contributed by atoms with Crippen LogP contribution in [0.3, 0.4) is 0 Å². The second-order valence-electron chi connectivity index (χ2n) is 5.55. The van der Waals surface area contributed by atoms with Crippen molar-refractivity contribution >= 4 is 35.5 Å². The van der Waals surface area contributed by atoms with Crippen LogP contribution in [0, 0.1) is 0 Å². The molecule has 0 unspecified atom stereocenters. The largest absolute Gasteiger partial charge is 0.462 e. The molecule has 0 amide bonds. The van der Waals surface area contributed by atoms with Gasteiger partial charge < -0.3 is 19.3 Å². The Hall–Kier alpha value is -1.82. The fraction of sp³-hybridized carbons (Fsp3) is 0.429. The molecule has 1 aromatic carbocycles. The zero-order chi connectivity index (χ0) is 19.9. The van der Waals surface area contributed by atoms with Crippen LogP contribution in [0.25, 0.3) is 0 Å². The predicted octanol–water partition coefficient (Wildman–Crippen LogP) is 5.44. The molecule has 0 aliphatic carbocycles. The summed E-state index contributed by atoms with van der Waals surface area (Å²) in [5.41, 5.74) is 2.64. The highest BCUT2D eigenvalue weighted by atomic mass is 35.5. The van der Waals surface area contributed by atoms with Crippen molar-refractivity contribution in [3.63, 3.8) is 0 Å². The summed E-state index contributed by atoms with van der Waals surface area (Å²) in [6.07, 6.45) is 5.10. The van der Waals surface area contributed by atoms with Crippen molar-refractivity contribution in [3.05, 3.63) is 58.4 Å². The minimum atomic E-state index is -0.263. The average Bonchev–Trinajstić information content (AvgIpc) is 3.13. The highest BCUT2D eigenvalue weighted by Crippen LogP contribution is 2.13. The zero-order valence-electron chi connectivity index (χ0n) is 15.4. The maximum absolute atomic E-state index is 11.8. The molecule has 2 aromatic rings. The number of H-pyrrole nitrogens is 1. The minimum absolute atomic E-state index is 0. The van der Waals surface area contributed by atoms with Crippen molar-refractivity contribution in [2.24, 2.45) is 0 Å². The van der Waals surface area contributed by atoms with E-state index in [2.05, 4.69) is 4.98 Å². The van der Waals surface area contributed by atoms with Crippen molar-refractivity contribution in [1.82, 2.24) is 4.98 Å². The van der Waals surface area contributed by atoms with E-state index in [-0.39, 0.29) is 19.3 Å². The molecule has 0 atom stereocenters. The molecule has 156 valence electrons. The number of nitrogens with one attached hydrogen (secondary N) is 1. The molecule has 1 N–H and O–H groups in total. The van der Waals surface area contributed by atoms with Gasteiger partial charge in [0, 0.05) is 23.5 Å². The molecule has 2 rings (SSSR count). The molecule has 5 nitrogen and oxygen atoms in total. The fourth-order valence-corrected chi connectivity index (χ4v) is 2.55. The summed E-state index contributed by atoms with van der Waals surface area (Å²) in [5.74, 6) is -0.152. The number of carbonyl (C=O) groups is 2. The van der Waals surface area contributed by atoms with Gasteiger partial charge in [-0.2, -0.15) is 0 Å². The zero-order valence-corrected chi connectivity index (χ0v) is 16.9. The van der Waals surface area contributed by atoms with Crippen LogP contribution in [0.4, 0.5) is 0 Å². The molecular formula is C21H29Cl2NO4. The van der Waals surface area contributed by atoms with Gasteiger partial charge in [-0.15, -0.1) is 11.6 Å². The standard InChI is InChI=1S/C18H22ClNO3.C2H3ClO.CH4/c1-2-23-18(21)16-9-10-20-17(16)8-3-4-11-22-13-14-6-5-7-15(19)12-14;3-1-2-4;/h5-7,9-10,12,20H,2-4,8,11,13H2,1H3;2H,1H2;1H4. The highest BCUT2D eigenvalue weighted by molar-refractivity contribution is 6.30. The number of benzene rings is 1. The summed E-state index contributed by atoms with van der Waals surface area (Å²) in [7, 11) is 0. The predicted molar refractivity (Wildman–Crippen MR) is 114 cm³/mol. The van der Waals surface area contributed by atoms with Gasteiger partial charge in [0.15, 0.2) is 0 Å². The number of carbonyl (C=O) groups excluding carboxylic acids is 2. The Morgan fingerprint density at radius 2 is 2.00 bits per heavy atom. The van der Waals surface area contributed by atoms with Crippen molar-refractivity contribution in [1.29, 1.82) is 0 Å². The first kappa shape index (κ1) is 26.2. The van der Waals surface area contributed by atoms with Crippen molar-refractivity contribution < 1.29 is 19.1 Å². The van der Waals surface area contributed by atoms with Gasteiger partial charge in [0.1, 0.15) is 6.29 Å². The molecule has 0 aliphatic rings. The van der Waals surface area contributed by atoms with Crippen LogP contribution < -0.4 is 0 Å². The Bertz CT molecular complexity index is 689. The number of rotatable bonds is 10. The van der Waals surface area contributed by atoms with Crippen LogP contribution in [0.2, 0.25) is 5.02 Å². The summed E-state index contributed by atoms with van der Waals surface area (Å²) >= 11 is 10.7. The van der Waals surface area contributed by atoms with Crippen molar-refractivity contribution in [3.8, 4) is 0 Å². The number of unbranched alkanes of at least 4 members (excludes halogenated alkanes) is 1. The number of hydrogen-bond donors (Lipinski definition) is 1. The second kappa shape index (κ2) is 16.2. The molecule has 0 spiro atoms. The number of halogens is 2. The molecule has 0 saturated carbocycles. The van der Waals surface area contributed by atoms with Crippen LogP contribution in [-0.4, -0.2) is 36.3 Å². The summed E-state index contributed by atoms with van der Waals surface area (Å²) in [6.45, 7) is 3.45. The fourth-order valence-electron chi connectivity index (χ4n) is 2.33. The smallest absolute Gasteiger partial charge is 0.339 e. The van der Waals surface area contributed by atoms with Crippen LogP contribution in [0.15, 0.2) is 36.5 Å². The highest BCUT2D eigenvalue weighted by Gasteiger charge is 2.12. The number of ether oxygens (including phenoxy) is 2. The second-order valence-corrected chi connectivity index (χ2v) is 6.30. The van der Waals surface area contributed by atoms with E-state index < -0.39 is 0 Å². The Balaban J connectivity index is 0.00000133. The number of hydrogen-bond acceptors (Lipinski definition) is 4. The number of aromatic amines is 1. The van der Waals surface area contributed by atoms with E-state index in [1.807, 2.05) is 31.2 Å². The molecule has 0 radical (unpaired) electrons. The number of aldehydes is 1. The third kappa shape index (κ3) is 10.5. The van der Waals surface area contributed by atoms with E-state index >= 15 is 0 Å². The third-order valence-electron chi connectivity index (χ3n) is 3.51. The monoisotopic (exact) mass is 429 g/mol. The van der Waals surface area contributed by atoms with Gasteiger partial charge >= 0.3 is 5.97 Å². The van der Waals surface area contributed by atoms with Crippen LogP contribution in [-0.2, 0) is 27.3 Å². The van der Waals surface area contributed by atoms with E-state index in [0.717, 1.165) is 35.5 Å². The lowest BCUT2D eigenvalue weighted by atomic mass is 10.1. The molecule has 1 aromatic heterocycles. The van der Waals surface area contributed by atoms with E-state index in [9.17, 15) is 4.79 Å². The normalized spacial score (nSPS) is 9.68. The molecule has 0 bridgehead atoms. The summed E-state index contributed by atoms with van der Waals surface area (Å²) < 4.78 is 10.7. The molecule has 0 fully saturated rings. The van der Waals surface area contributed by atoms with E-state index in [1.165, 1.54) is 0 Å². The number of esters is 1. The molecule has 7 heteroatoms. The van der Waals surface area contributed by atoms with Crippen molar-refractivity contribution in [2.75, 3.05) is 19.1 Å². The Labute approximate surface area is 177 Å². The van der Waals surface area contributed by atoms with E-state index in [1.54, 1.807) is 12.3 Å². The van der Waals surface area contributed by atoms with Gasteiger partial charge in [-0.1, -0.05) is 31.2 Å². The van der Waals surface area contributed by atoms with Crippen LogP contribution >= 0.6 is 23.2 Å². The maximum atomic E-state index is 11.8. The molecular weight excluding hydrogens is 401 g/mol. The Morgan fingerprint density at radius 3 is 2.64 bits per heavy atom. The number of aryl methyl sites for hydroxylation is 1. The van der Waals surface area contributed by atoms with Gasteiger partial charge in [0.25, 0.3) is 0 Å². The van der Waals surface area contributed by atoms with E-state index in [0.29, 0.717) is 31.7 Å². The Morgan fingerprint density at radius 1 is 1.25 bits per heavy atom. The first-order valence-electron chi connectivity index (χ1n) is 8.77. The van der Waals surface area contributed by atoms with E-state index in [4.69, 9.17) is 37.5 Å². The molecule has 1 heterocycles. The first-order chi connectivity index (χ1) is 13.1. The summed E-state index contributed by atoms with van der Waals surface area (Å²) in [6, 6.07) is 9.44. The lowest BCUT2D eigenvalue weighted by Gasteiger charge is -2.06. The quantitative estimate of drug-likeness (QED) is 0.236. The first-order valence-corrected chi connectivity index (χ1v) is 9.68. The van der Waals surface area contributed by atoms with Gasteiger partial charge in [-0.3, -0.25) is 0 Å². The van der Waals surface area contributed by atoms with Gasteiger partial charge in [0.05, 0.1) is 24.7 Å². The SMILES string of the molecule is C.CCOC(=O)c1cc[nH]c1CCCCOCc1cccc(Cl)c1.O=CCCl. The van der Waals surface area contributed by atoms with Crippen LogP contribution in [0.1, 0.15) is 48.8 Å². The summed E-state index contributed by atoms with van der Waals surface area (Å²) in [4.78, 5) is 23.9. The third-order valence-corrected chi connectivity index (χ3v) is 3.88. The van der Waals surface area contributed by atoms with Gasteiger partial charge in [-0.05, 0) is 49.9 Å². The average molecular weight is 430 g/mol. The maximum Gasteiger partial charge on any atom is 0.339 e. The van der Waals surface area contributed by atoms with Crippen molar-refractivity contribution in [2.45, 2.75) is 40.2 Å². The summed E-state index contributed by atoms with van der Waals surface area (Å²) in [5, 5.41) is 0.726. The van der Waals surface area contributed by atoms with Crippen LogP contribution in [0.5, 0.6) is 0 Å². The topological polar surface area (TPSA) is 68.4 Å². The lowest BCUT2D eigenvalue weighted by Crippen LogP contribution is -2.07. The molecule has 0 aliphatic heterocycles. The Kier molecular flexibility index (Phi) is 15.1.